The molecule has 32 heavy (non-hydrogen) atoms. The smallest absolute Gasteiger partial charge is 0.163 e. The van der Waals surface area contributed by atoms with Crippen molar-refractivity contribution in [2.24, 2.45) is 5.92 Å². The van der Waals surface area contributed by atoms with E-state index in [9.17, 15) is 0 Å². The van der Waals surface area contributed by atoms with Gasteiger partial charge in [-0.15, -0.1) is 0 Å². The normalized spacial score (nSPS) is 18.2. The van der Waals surface area contributed by atoms with E-state index in [1.165, 1.54) is 37.2 Å². The quantitative estimate of drug-likeness (QED) is 0.491. The van der Waals surface area contributed by atoms with E-state index in [1.807, 2.05) is 6.07 Å². The topological polar surface area (TPSA) is 75.3 Å². The van der Waals surface area contributed by atoms with Gasteiger partial charge in [-0.25, -0.2) is 0 Å². The average molecular weight is 436 g/mol. The Balaban J connectivity index is 1.41. The lowest BCUT2D eigenvalue weighted by molar-refractivity contribution is 0.254. The number of nitrogens with zero attached hydrogens (tertiary/aromatic N) is 3. The first-order valence-corrected chi connectivity index (χ1v) is 11.8. The van der Waals surface area contributed by atoms with Gasteiger partial charge in [-0.1, -0.05) is 6.92 Å². The van der Waals surface area contributed by atoms with E-state index in [0.29, 0.717) is 19.1 Å². The summed E-state index contributed by atoms with van der Waals surface area (Å²) in [5, 5.41) is 11.8. The van der Waals surface area contributed by atoms with Gasteiger partial charge in [0.05, 0.1) is 31.5 Å². The summed E-state index contributed by atoms with van der Waals surface area (Å²) in [6.07, 6.45) is 7.51. The molecule has 170 valence electrons. The minimum Gasteiger partial charge on any atom is -0.493 e. The van der Waals surface area contributed by atoms with Crippen molar-refractivity contribution in [3.05, 3.63) is 41.3 Å². The van der Waals surface area contributed by atoms with Crippen LogP contribution in [-0.2, 0) is 19.4 Å². The van der Waals surface area contributed by atoms with Crippen LogP contribution in [0.15, 0.2) is 24.4 Å². The number of hydrogen-bond donors (Lipinski definition) is 2. The van der Waals surface area contributed by atoms with Crippen LogP contribution in [0.5, 0.6) is 11.5 Å². The lowest BCUT2D eigenvalue weighted by Gasteiger charge is -2.18. The van der Waals surface area contributed by atoms with Crippen LogP contribution in [0, 0.1) is 5.92 Å². The van der Waals surface area contributed by atoms with Crippen molar-refractivity contribution < 1.29 is 9.47 Å². The molecule has 0 amide bonds. The highest BCUT2D eigenvalue weighted by Gasteiger charge is 2.25. The molecule has 1 unspecified atom stereocenters. The van der Waals surface area contributed by atoms with Gasteiger partial charge in [0.2, 0.25) is 0 Å². The van der Waals surface area contributed by atoms with Gasteiger partial charge in [0.15, 0.2) is 11.5 Å². The number of aromatic amines is 1. The minimum atomic E-state index is 0.602. The molecule has 3 aromatic rings. The summed E-state index contributed by atoms with van der Waals surface area (Å²) >= 11 is 0. The van der Waals surface area contributed by atoms with Crippen LogP contribution in [0.25, 0.3) is 10.9 Å². The number of ether oxygens (including phenoxy) is 2. The molecule has 1 saturated heterocycles. The number of methoxy groups -OCH3 is 1. The van der Waals surface area contributed by atoms with E-state index in [2.05, 4.69) is 39.5 Å². The van der Waals surface area contributed by atoms with E-state index in [4.69, 9.17) is 14.5 Å². The van der Waals surface area contributed by atoms with Gasteiger partial charge in [0.25, 0.3) is 0 Å². The van der Waals surface area contributed by atoms with Gasteiger partial charge in [0.1, 0.15) is 0 Å². The first kappa shape index (κ1) is 21.1. The van der Waals surface area contributed by atoms with Gasteiger partial charge in [0, 0.05) is 35.6 Å². The van der Waals surface area contributed by atoms with E-state index in [0.717, 1.165) is 59.6 Å². The highest BCUT2D eigenvalue weighted by molar-refractivity contribution is 5.96. The molecule has 1 atom stereocenters. The predicted molar refractivity (Wildman–Crippen MR) is 127 cm³/mol. The summed E-state index contributed by atoms with van der Waals surface area (Å²) in [6, 6.07) is 6.12. The maximum Gasteiger partial charge on any atom is 0.163 e. The fraction of sp³-hybridized carbons (Fsp3) is 0.520. The molecule has 0 bridgehead atoms. The minimum absolute atomic E-state index is 0.602. The van der Waals surface area contributed by atoms with Crippen LogP contribution < -0.4 is 14.8 Å². The van der Waals surface area contributed by atoms with Crippen molar-refractivity contribution in [3.63, 3.8) is 0 Å². The highest BCUT2D eigenvalue weighted by atomic mass is 16.5. The molecule has 2 N–H and O–H groups in total. The number of likely N-dealkylation sites (tertiary alicyclic amines) is 1. The molecule has 1 fully saturated rings. The highest BCUT2D eigenvalue weighted by Crippen LogP contribution is 2.41. The van der Waals surface area contributed by atoms with Crippen LogP contribution >= 0.6 is 0 Å². The molecule has 1 aliphatic heterocycles. The largest absolute Gasteiger partial charge is 0.493 e. The molecule has 2 aromatic heterocycles. The summed E-state index contributed by atoms with van der Waals surface area (Å²) in [5.41, 5.74) is 5.69. The zero-order valence-electron chi connectivity index (χ0n) is 19.1. The molecule has 7 nitrogen and oxygen atoms in total. The molecule has 7 heteroatoms. The second-order valence-corrected chi connectivity index (χ2v) is 9.13. The standard InChI is InChI=1S/C25H33N5O2/c1-17-12-19-21(13-17)28-22-15-24(32-11-5-10-30-8-3-4-9-30)23(31-2)14-20(22)25(19)26-16-18-6-7-27-29-18/h6-7,14-15,17H,3-5,8-13,16H2,1-2H3,(H,26,28)(H,27,29). The number of benzene rings is 1. The van der Waals surface area contributed by atoms with Crippen molar-refractivity contribution in [2.45, 2.75) is 45.6 Å². The van der Waals surface area contributed by atoms with E-state index < -0.39 is 0 Å². The van der Waals surface area contributed by atoms with Gasteiger partial charge in [-0.05, 0) is 68.8 Å². The lowest BCUT2D eigenvalue weighted by Crippen LogP contribution is -2.21. The van der Waals surface area contributed by atoms with Crippen molar-refractivity contribution in [1.82, 2.24) is 20.1 Å². The molecular weight excluding hydrogens is 402 g/mol. The van der Waals surface area contributed by atoms with E-state index in [-0.39, 0.29) is 0 Å². The number of anilines is 1. The SMILES string of the molecule is COc1cc2c(NCc3ccn[nH]3)c3c(nc2cc1OCCCN1CCCC1)CC(C)C3. The fourth-order valence-electron chi connectivity index (χ4n) is 5.02. The van der Waals surface area contributed by atoms with Crippen molar-refractivity contribution >= 4 is 16.6 Å². The second-order valence-electron chi connectivity index (χ2n) is 9.13. The maximum absolute atomic E-state index is 6.17. The van der Waals surface area contributed by atoms with E-state index in [1.54, 1.807) is 13.3 Å². The summed E-state index contributed by atoms with van der Waals surface area (Å²) in [4.78, 5) is 7.55. The number of rotatable bonds is 9. The predicted octanol–water partition coefficient (Wildman–Crippen LogP) is 4.18. The number of pyridine rings is 1. The molecule has 0 radical (unpaired) electrons. The third-order valence-corrected chi connectivity index (χ3v) is 6.64. The van der Waals surface area contributed by atoms with Gasteiger partial charge in [-0.3, -0.25) is 10.1 Å². The van der Waals surface area contributed by atoms with Crippen LogP contribution in [0.1, 0.15) is 43.1 Å². The fourth-order valence-corrected chi connectivity index (χ4v) is 5.02. The van der Waals surface area contributed by atoms with Crippen LogP contribution in [0.4, 0.5) is 5.69 Å². The Hall–Kier alpha value is -2.80. The molecule has 1 aromatic carbocycles. The average Bonchev–Trinajstić information content (AvgIpc) is 3.55. The Morgan fingerprint density at radius 1 is 1.19 bits per heavy atom. The molecule has 5 rings (SSSR count). The molecular formula is C25H33N5O2. The Bertz CT molecular complexity index is 1060. The van der Waals surface area contributed by atoms with Crippen molar-refractivity contribution in [1.29, 1.82) is 0 Å². The number of hydrogen-bond acceptors (Lipinski definition) is 6. The Morgan fingerprint density at radius 3 is 2.84 bits per heavy atom. The van der Waals surface area contributed by atoms with Gasteiger partial charge >= 0.3 is 0 Å². The third-order valence-electron chi connectivity index (χ3n) is 6.64. The summed E-state index contributed by atoms with van der Waals surface area (Å²) in [5.74, 6) is 2.14. The second kappa shape index (κ2) is 9.36. The number of nitrogens with one attached hydrogen (secondary N) is 2. The lowest BCUT2D eigenvalue weighted by atomic mass is 10.0. The van der Waals surface area contributed by atoms with E-state index >= 15 is 0 Å². The van der Waals surface area contributed by atoms with Gasteiger partial charge in [-0.2, -0.15) is 5.10 Å². The van der Waals surface area contributed by atoms with Crippen LogP contribution in [0.3, 0.4) is 0 Å². The maximum atomic E-state index is 6.17. The van der Waals surface area contributed by atoms with Gasteiger partial charge < -0.3 is 19.7 Å². The number of aromatic nitrogens is 3. The molecule has 3 heterocycles. The third kappa shape index (κ3) is 4.39. The number of H-pyrrole nitrogens is 1. The monoisotopic (exact) mass is 435 g/mol. The van der Waals surface area contributed by atoms with Crippen molar-refractivity contribution in [3.8, 4) is 11.5 Å². The zero-order valence-corrected chi connectivity index (χ0v) is 19.1. The summed E-state index contributed by atoms with van der Waals surface area (Å²) in [7, 11) is 1.71. The first-order valence-electron chi connectivity index (χ1n) is 11.8. The van der Waals surface area contributed by atoms with Crippen LogP contribution in [-0.4, -0.2) is 53.4 Å². The first-order chi connectivity index (χ1) is 15.7. The summed E-state index contributed by atoms with van der Waals surface area (Å²) in [6.45, 7) is 7.21. The zero-order chi connectivity index (χ0) is 21.9. The number of fused-ring (bicyclic) bond motifs is 2. The molecule has 2 aliphatic rings. The molecule has 0 spiro atoms. The Labute approximate surface area is 189 Å². The molecule has 1 aliphatic carbocycles. The Morgan fingerprint density at radius 2 is 2.06 bits per heavy atom. The summed E-state index contributed by atoms with van der Waals surface area (Å²) < 4.78 is 11.9. The molecule has 0 saturated carbocycles. The van der Waals surface area contributed by atoms with Crippen LogP contribution in [0.2, 0.25) is 0 Å². The van der Waals surface area contributed by atoms with Crippen molar-refractivity contribution in [2.75, 3.05) is 38.7 Å². The Kier molecular flexibility index (Phi) is 6.17.